The number of thiophene rings is 1. The number of nitro groups is 1. The SMILES string of the molecule is Cc1ccc([C@@H](C)NCc2ccc([N+](=O)[O-])s2)cc1. The summed E-state index contributed by atoms with van der Waals surface area (Å²) in [6.45, 7) is 4.80. The highest BCUT2D eigenvalue weighted by Crippen LogP contribution is 2.24. The van der Waals surface area contributed by atoms with Gasteiger partial charge >= 0.3 is 5.00 Å². The number of rotatable bonds is 5. The maximum Gasteiger partial charge on any atom is 0.324 e. The third kappa shape index (κ3) is 3.62. The Bertz CT molecular complexity index is 563. The van der Waals surface area contributed by atoms with Crippen LogP contribution in [-0.2, 0) is 6.54 Å². The Morgan fingerprint density at radius 2 is 1.95 bits per heavy atom. The maximum atomic E-state index is 10.6. The Labute approximate surface area is 116 Å². The van der Waals surface area contributed by atoms with E-state index in [9.17, 15) is 10.1 Å². The van der Waals surface area contributed by atoms with Gasteiger partial charge in [0.2, 0.25) is 0 Å². The molecule has 0 bridgehead atoms. The molecule has 1 aromatic heterocycles. The van der Waals surface area contributed by atoms with Gasteiger partial charge in [0.15, 0.2) is 0 Å². The molecule has 0 fully saturated rings. The van der Waals surface area contributed by atoms with Crippen LogP contribution in [0, 0.1) is 17.0 Å². The monoisotopic (exact) mass is 276 g/mol. The van der Waals surface area contributed by atoms with Crippen LogP contribution >= 0.6 is 11.3 Å². The summed E-state index contributed by atoms with van der Waals surface area (Å²) in [4.78, 5) is 11.2. The highest BCUT2D eigenvalue weighted by molar-refractivity contribution is 7.15. The van der Waals surface area contributed by atoms with Crippen LogP contribution in [0.3, 0.4) is 0 Å². The fourth-order valence-corrected chi connectivity index (χ4v) is 2.56. The van der Waals surface area contributed by atoms with Crippen LogP contribution in [-0.4, -0.2) is 4.92 Å². The van der Waals surface area contributed by atoms with Gasteiger partial charge in [-0.25, -0.2) is 0 Å². The molecule has 1 N–H and O–H groups in total. The Hall–Kier alpha value is -1.72. The molecule has 0 aliphatic carbocycles. The summed E-state index contributed by atoms with van der Waals surface area (Å²) >= 11 is 1.22. The second-order valence-corrected chi connectivity index (χ2v) is 5.66. The fraction of sp³-hybridized carbons (Fsp3) is 0.286. The van der Waals surface area contributed by atoms with Crippen LogP contribution in [0.1, 0.15) is 29.0 Å². The molecule has 0 aliphatic heterocycles. The van der Waals surface area contributed by atoms with E-state index in [0.717, 1.165) is 4.88 Å². The molecule has 4 nitrogen and oxygen atoms in total. The zero-order chi connectivity index (χ0) is 13.8. The molecule has 0 saturated carbocycles. The predicted octanol–water partition coefficient (Wildman–Crippen LogP) is 3.82. The highest BCUT2D eigenvalue weighted by Gasteiger charge is 2.10. The molecule has 1 aromatic carbocycles. The minimum atomic E-state index is -0.350. The topological polar surface area (TPSA) is 55.2 Å². The lowest BCUT2D eigenvalue weighted by molar-refractivity contribution is -0.380. The van der Waals surface area contributed by atoms with Gasteiger partial charge in [-0.2, -0.15) is 0 Å². The molecule has 2 aromatic rings. The molecule has 0 spiro atoms. The molecule has 19 heavy (non-hydrogen) atoms. The molecule has 1 heterocycles. The molecule has 0 unspecified atom stereocenters. The first-order chi connectivity index (χ1) is 9.06. The highest BCUT2D eigenvalue weighted by atomic mass is 32.1. The van der Waals surface area contributed by atoms with Gasteiger partial charge in [-0.1, -0.05) is 41.2 Å². The number of hydrogen-bond donors (Lipinski definition) is 1. The van der Waals surface area contributed by atoms with Gasteiger partial charge in [-0.05, 0) is 25.5 Å². The average molecular weight is 276 g/mol. The van der Waals surface area contributed by atoms with Crippen molar-refractivity contribution in [1.82, 2.24) is 5.32 Å². The number of hydrogen-bond acceptors (Lipinski definition) is 4. The summed E-state index contributed by atoms with van der Waals surface area (Å²) in [6, 6.07) is 12.0. The second-order valence-electron chi connectivity index (χ2n) is 4.51. The Kier molecular flexibility index (Phi) is 4.29. The van der Waals surface area contributed by atoms with E-state index in [1.807, 2.05) is 0 Å². The van der Waals surface area contributed by atoms with E-state index in [1.165, 1.54) is 22.5 Å². The summed E-state index contributed by atoms with van der Waals surface area (Å²) < 4.78 is 0. The molecule has 1 atom stereocenters. The van der Waals surface area contributed by atoms with Crippen LogP contribution in [0.4, 0.5) is 5.00 Å². The van der Waals surface area contributed by atoms with Gasteiger partial charge in [0.25, 0.3) is 0 Å². The quantitative estimate of drug-likeness (QED) is 0.667. The normalized spacial score (nSPS) is 12.3. The lowest BCUT2D eigenvalue weighted by atomic mass is 10.1. The van der Waals surface area contributed by atoms with E-state index < -0.39 is 0 Å². The number of aryl methyl sites for hydroxylation is 1. The number of benzene rings is 1. The van der Waals surface area contributed by atoms with Gasteiger partial charge in [-0.3, -0.25) is 10.1 Å². The van der Waals surface area contributed by atoms with Crippen LogP contribution in [0.2, 0.25) is 0 Å². The van der Waals surface area contributed by atoms with Crippen LogP contribution in [0.15, 0.2) is 36.4 Å². The lowest BCUT2D eigenvalue weighted by Crippen LogP contribution is -2.17. The van der Waals surface area contributed by atoms with Crippen LogP contribution < -0.4 is 5.32 Å². The van der Waals surface area contributed by atoms with E-state index in [-0.39, 0.29) is 16.0 Å². The summed E-state index contributed by atoms with van der Waals surface area (Å²) in [7, 11) is 0. The van der Waals surface area contributed by atoms with Crippen molar-refractivity contribution in [3.63, 3.8) is 0 Å². The van der Waals surface area contributed by atoms with Crippen LogP contribution in [0.25, 0.3) is 0 Å². The Morgan fingerprint density at radius 3 is 2.53 bits per heavy atom. The zero-order valence-electron chi connectivity index (χ0n) is 10.9. The van der Waals surface area contributed by atoms with Crippen molar-refractivity contribution in [1.29, 1.82) is 0 Å². The molecular weight excluding hydrogens is 260 g/mol. The summed E-state index contributed by atoms with van der Waals surface area (Å²) in [5.41, 5.74) is 2.46. The molecule has 0 aliphatic rings. The van der Waals surface area contributed by atoms with E-state index in [1.54, 1.807) is 12.1 Å². The predicted molar refractivity (Wildman–Crippen MR) is 77.4 cm³/mol. The number of nitrogens with one attached hydrogen (secondary N) is 1. The smallest absolute Gasteiger partial charge is 0.305 e. The third-order valence-corrected chi connectivity index (χ3v) is 4.02. The van der Waals surface area contributed by atoms with Gasteiger partial charge in [-0.15, -0.1) is 0 Å². The van der Waals surface area contributed by atoms with Crippen molar-refractivity contribution in [2.45, 2.75) is 26.4 Å². The standard InChI is InChI=1S/C14H16N2O2S/c1-10-3-5-12(6-4-10)11(2)15-9-13-7-8-14(19-13)16(17)18/h3-8,11,15H,9H2,1-2H3/t11-/m1/s1. The molecular formula is C14H16N2O2S. The first-order valence-corrected chi connectivity index (χ1v) is 6.91. The van der Waals surface area contributed by atoms with Gasteiger partial charge < -0.3 is 5.32 Å². The molecule has 100 valence electrons. The van der Waals surface area contributed by atoms with E-state index in [4.69, 9.17) is 0 Å². The fourth-order valence-electron chi connectivity index (χ4n) is 1.79. The Morgan fingerprint density at radius 1 is 1.26 bits per heavy atom. The summed E-state index contributed by atoms with van der Waals surface area (Å²) in [5.74, 6) is 0. The van der Waals surface area contributed by atoms with E-state index >= 15 is 0 Å². The largest absolute Gasteiger partial charge is 0.324 e. The average Bonchev–Trinajstić information content (AvgIpc) is 2.86. The molecule has 2 rings (SSSR count). The Balaban J connectivity index is 1.94. The minimum absolute atomic E-state index is 0.194. The summed E-state index contributed by atoms with van der Waals surface area (Å²) in [6.07, 6.45) is 0. The minimum Gasteiger partial charge on any atom is -0.305 e. The molecule has 0 saturated heterocycles. The second kappa shape index (κ2) is 5.95. The molecule has 5 heteroatoms. The number of nitrogens with zero attached hydrogens (tertiary/aromatic N) is 1. The van der Waals surface area contributed by atoms with Crippen molar-refractivity contribution in [2.75, 3.05) is 0 Å². The van der Waals surface area contributed by atoms with Crippen LogP contribution in [0.5, 0.6) is 0 Å². The van der Waals surface area contributed by atoms with E-state index in [2.05, 4.69) is 43.4 Å². The lowest BCUT2D eigenvalue weighted by Gasteiger charge is -2.13. The van der Waals surface area contributed by atoms with E-state index in [0.29, 0.717) is 6.54 Å². The summed E-state index contributed by atoms with van der Waals surface area (Å²) in [5, 5.41) is 14.2. The first-order valence-electron chi connectivity index (χ1n) is 6.09. The first kappa shape index (κ1) is 13.7. The van der Waals surface area contributed by atoms with Gasteiger partial charge in [0, 0.05) is 23.5 Å². The van der Waals surface area contributed by atoms with Gasteiger partial charge in [0.05, 0.1) is 4.92 Å². The third-order valence-electron chi connectivity index (χ3n) is 2.99. The van der Waals surface area contributed by atoms with Crippen molar-refractivity contribution in [2.24, 2.45) is 0 Å². The molecule has 0 amide bonds. The maximum absolute atomic E-state index is 10.6. The molecule has 0 radical (unpaired) electrons. The van der Waals surface area contributed by atoms with Gasteiger partial charge in [0.1, 0.15) is 0 Å². The zero-order valence-corrected chi connectivity index (χ0v) is 11.7. The van der Waals surface area contributed by atoms with Crippen molar-refractivity contribution >= 4 is 16.3 Å². The van der Waals surface area contributed by atoms with Crippen molar-refractivity contribution in [3.8, 4) is 0 Å². The van der Waals surface area contributed by atoms with Crippen molar-refractivity contribution in [3.05, 3.63) is 62.5 Å². The van der Waals surface area contributed by atoms with Crippen molar-refractivity contribution < 1.29 is 4.92 Å².